The van der Waals surface area contributed by atoms with Crippen LogP contribution in [-0.4, -0.2) is 10.1 Å². The average molecular weight is 305 g/mol. The van der Waals surface area contributed by atoms with Crippen molar-refractivity contribution in [3.63, 3.8) is 0 Å². The van der Waals surface area contributed by atoms with E-state index in [1.807, 2.05) is 10.8 Å². The molecule has 2 aromatic heterocycles. The third kappa shape index (κ3) is 2.23. The van der Waals surface area contributed by atoms with Crippen LogP contribution >= 0.6 is 38.9 Å². The van der Waals surface area contributed by atoms with E-state index in [9.17, 15) is 5.11 Å². The largest absolute Gasteiger partial charge is 0.382 e. The van der Waals surface area contributed by atoms with Crippen LogP contribution < -0.4 is 0 Å². The zero-order chi connectivity index (χ0) is 10.8. The third-order valence-corrected chi connectivity index (χ3v) is 4.05. The van der Waals surface area contributed by atoms with Gasteiger partial charge in [-0.2, -0.15) is 11.3 Å². The molecule has 0 aliphatic carbocycles. The highest BCUT2D eigenvalue weighted by Gasteiger charge is 2.18. The van der Waals surface area contributed by atoms with E-state index >= 15 is 0 Å². The maximum atomic E-state index is 10.1. The summed E-state index contributed by atoms with van der Waals surface area (Å²) in [5, 5.41) is 14.3. The predicted octanol–water partition coefficient (Wildman–Crippen LogP) is 3.64. The van der Waals surface area contributed by atoms with Gasteiger partial charge < -0.3 is 5.11 Å². The quantitative estimate of drug-likeness (QED) is 0.919. The Balaban J connectivity index is 2.41. The Morgan fingerprint density at radius 1 is 1.47 bits per heavy atom. The van der Waals surface area contributed by atoms with Gasteiger partial charge in [-0.3, -0.25) is 4.98 Å². The van der Waals surface area contributed by atoms with Crippen molar-refractivity contribution in [1.82, 2.24) is 4.98 Å². The van der Waals surface area contributed by atoms with E-state index in [0.29, 0.717) is 10.7 Å². The Kier molecular flexibility index (Phi) is 3.41. The lowest BCUT2D eigenvalue weighted by atomic mass is 10.1. The number of aliphatic hydroxyl groups excluding tert-OH is 1. The number of hydrogen-bond donors (Lipinski definition) is 1. The normalized spacial score (nSPS) is 12.7. The average Bonchev–Trinajstić information content (AvgIpc) is 2.64. The number of aliphatic hydroxyl groups is 1. The summed E-state index contributed by atoms with van der Waals surface area (Å²) in [6.07, 6.45) is 0.837. The van der Waals surface area contributed by atoms with E-state index in [1.54, 1.807) is 18.3 Å². The molecule has 1 N–H and O–H groups in total. The minimum absolute atomic E-state index is 0.475. The second-order valence-corrected chi connectivity index (χ2v) is 4.95. The van der Waals surface area contributed by atoms with Gasteiger partial charge in [0.1, 0.15) is 6.10 Å². The van der Waals surface area contributed by atoms with Crippen molar-refractivity contribution in [2.24, 2.45) is 0 Å². The molecule has 0 amide bonds. The van der Waals surface area contributed by atoms with Crippen LogP contribution in [0.3, 0.4) is 0 Å². The van der Waals surface area contributed by atoms with Crippen molar-refractivity contribution >= 4 is 38.9 Å². The summed E-state index contributed by atoms with van der Waals surface area (Å²) in [6.45, 7) is 0. The fourth-order valence-electron chi connectivity index (χ4n) is 1.23. The zero-order valence-electron chi connectivity index (χ0n) is 7.52. The van der Waals surface area contributed by atoms with Gasteiger partial charge in [-0.15, -0.1) is 0 Å². The third-order valence-electron chi connectivity index (χ3n) is 1.98. The summed E-state index contributed by atoms with van der Waals surface area (Å²) in [4.78, 5) is 4.08. The van der Waals surface area contributed by atoms with Crippen LogP contribution in [0.5, 0.6) is 0 Å². The first-order valence-electron chi connectivity index (χ1n) is 4.20. The minimum atomic E-state index is -0.778. The van der Waals surface area contributed by atoms with Gasteiger partial charge >= 0.3 is 0 Å². The minimum Gasteiger partial charge on any atom is -0.382 e. The summed E-state index contributed by atoms with van der Waals surface area (Å²) in [7, 11) is 0. The van der Waals surface area contributed by atoms with E-state index in [0.717, 1.165) is 10.0 Å². The molecule has 0 fully saturated rings. The van der Waals surface area contributed by atoms with Crippen molar-refractivity contribution in [2.75, 3.05) is 0 Å². The van der Waals surface area contributed by atoms with Crippen LogP contribution in [0.2, 0.25) is 5.02 Å². The van der Waals surface area contributed by atoms with E-state index in [4.69, 9.17) is 11.6 Å². The molecule has 0 aromatic carbocycles. The van der Waals surface area contributed by atoms with Crippen LogP contribution in [-0.2, 0) is 0 Å². The van der Waals surface area contributed by atoms with Gasteiger partial charge in [0.15, 0.2) is 0 Å². The Morgan fingerprint density at radius 3 is 2.87 bits per heavy atom. The van der Waals surface area contributed by atoms with Gasteiger partial charge in [0, 0.05) is 21.6 Å². The number of hydrogen-bond acceptors (Lipinski definition) is 3. The Hall–Kier alpha value is -0.420. The van der Waals surface area contributed by atoms with E-state index < -0.39 is 6.10 Å². The van der Waals surface area contributed by atoms with Gasteiger partial charge in [-0.05, 0) is 33.4 Å². The van der Waals surface area contributed by atoms with Crippen LogP contribution in [0, 0.1) is 0 Å². The van der Waals surface area contributed by atoms with E-state index in [1.165, 1.54) is 11.3 Å². The SMILES string of the molecule is OC(c1cscc1Br)c1ncccc1Cl. The number of halogens is 2. The van der Waals surface area contributed by atoms with Gasteiger partial charge in [0.05, 0.1) is 10.7 Å². The van der Waals surface area contributed by atoms with Crippen molar-refractivity contribution < 1.29 is 5.11 Å². The van der Waals surface area contributed by atoms with Crippen molar-refractivity contribution in [3.8, 4) is 0 Å². The first kappa shape index (κ1) is 11.1. The van der Waals surface area contributed by atoms with Gasteiger partial charge in [-0.25, -0.2) is 0 Å². The molecule has 1 unspecified atom stereocenters. The maximum Gasteiger partial charge on any atom is 0.124 e. The molecule has 2 rings (SSSR count). The Morgan fingerprint density at radius 2 is 2.27 bits per heavy atom. The molecule has 0 aliphatic heterocycles. The molecule has 2 nitrogen and oxygen atoms in total. The Bertz CT molecular complexity index is 474. The molecule has 78 valence electrons. The summed E-state index contributed by atoms with van der Waals surface area (Å²) >= 11 is 10.8. The molecule has 0 saturated heterocycles. The fourth-order valence-corrected chi connectivity index (χ4v) is 2.99. The number of pyridine rings is 1. The number of aromatic nitrogens is 1. The molecule has 2 aromatic rings. The van der Waals surface area contributed by atoms with E-state index in [-0.39, 0.29) is 0 Å². The monoisotopic (exact) mass is 303 g/mol. The van der Waals surface area contributed by atoms with Gasteiger partial charge in [0.2, 0.25) is 0 Å². The van der Waals surface area contributed by atoms with Crippen LogP contribution in [0.4, 0.5) is 0 Å². The molecule has 0 aliphatic rings. The molecule has 2 heterocycles. The van der Waals surface area contributed by atoms with Gasteiger partial charge in [-0.1, -0.05) is 11.6 Å². The molecular weight excluding hydrogens is 298 g/mol. The molecule has 0 bridgehead atoms. The standard InChI is InChI=1S/C10H7BrClNOS/c11-7-5-15-4-6(7)10(14)9-8(12)2-1-3-13-9/h1-5,10,14H. The molecule has 5 heteroatoms. The maximum absolute atomic E-state index is 10.1. The van der Waals surface area contributed by atoms with Crippen molar-refractivity contribution in [1.29, 1.82) is 0 Å². The van der Waals surface area contributed by atoms with Crippen LogP contribution in [0.1, 0.15) is 17.4 Å². The number of thiophene rings is 1. The van der Waals surface area contributed by atoms with Crippen LogP contribution in [0.15, 0.2) is 33.6 Å². The summed E-state index contributed by atoms with van der Waals surface area (Å²) in [5.74, 6) is 0. The van der Waals surface area contributed by atoms with Crippen molar-refractivity contribution in [2.45, 2.75) is 6.10 Å². The van der Waals surface area contributed by atoms with E-state index in [2.05, 4.69) is 20.9 Å². The summed E-state index contributed by atoms with van der Waals surface area (Å²) < 4.78 is 0.877. The second-order valence-electron chi connectivity index (χ2n) is 2.95. The summed E-state index contributed by atoms with van der Waals surface area (Å²) in [6, 6.07) is 3.45. The highest BCUT2D eigenvalue weighted by atomic mass is 79.9. The lowest BCUT2D eigenvalue weighted by molar-refractivity contribution is 0.215. The lowest BCUT2D eigenvalue weighted by Crippen LogP contribution is -2.02. The second kappa shape index (κ2) is 4.61. The summed E-state index contributed by atoms with van der Waals surface area (Å²) in [5.41, 5.74) is 1.28. The number of rotatable bonds is 2. The van der Waals surface area contributed by atoms with Gasteiger partial charge in [0.25, 0.3) is 0 Å². The highest BCUT2D eigenvalue weighted by molar-refractivity contribution is 9.10. The first-order chi connectivity index (χ1) is 7.20. The zero-order valence-corrected chi connectivity index (χ0v) is 10.7. The van der Waals surface area contributed by atoms with Crippen LogP contribution in [0.25, 0.3) is 0 Å². The Labute approximate surface area is 105 Å². The highest BCUT2D eigenvalue weighted by Crippen LogP contribution is 2.33. The predicted molar refractivity (Wildman–Crippen MR) is 65.3 cm³/mol. The molecular formula is C10H7BrClNOS. The smallest absolute Gasteiger partial charge is 0.124 e. The molecule has 0 radical (unpaired) electrons. The topological polar surface area (TPSA) is 33.1 Å². The van der Waals surface area contributed by atoms with Crippen molar-refractivity contribution in [3.05, 3.63) is 49.8 Å². The fraction of sp³-hybridized carbons (Fsp3) is 0.100. The molecule has 15 heavy (non-hydrogen) atoms. The molecule has 0 spiro atoms. The number of nitrogens with zero attached hydrogens (tertiary/aromatic N) is 1. The lowest BCUT2D eigenvalue weighted by Gasteiger charge is -2.10. The molecule has 0 saturated carbocycles. The molecule has 1 atom stereocenters. The first-order valence-corrected chi connectivity index (χ1v) is 6.31.